The van der Waals surface area contributed by atoms with Gasteiger partial charge in [0.1, 0.15) is 5.56 Å². The molecule has 1 aromatic carbocycles. The van der Waals surface area contributed by atoms with Crippen LogP contribution < -0.4 is 19.9 Å². The molecule has 3 aromatic heterocycles. The highest BCUT2D eigenvalue weighted by molar-refractivity contribution is 6.12. The third-order valence-corrected chi connectivity index (χ3v) is 5.99. The Morgan fingerprint density at radius 2 is 2.03 bits per heavy atom. The highest BCUT2D eigenvalue weighted by atomic mass is 19.1. The second-order valence-corrected chi connectivity index (χ2v) is 8.76. The number of pyridine rings is 1. The number of fused-ring (bicyclic) bond motifs is 1. The number of rotatable bonds is 6. The van der Waals surface area contributed by atoms with Crippen LogP contribution in [0.1, 0.15) is 29.9 Å². The summed E-state index contributed by atoms with van der Waals surface area (Å²) in [6.45, 7) is 8.37. The number of piperazine rings is 1. The van der Waals surface area contributed by atoms with Crippen LogP contribution in [0.4, 0.5) is 21.7 Å². The Morgan fingerprint density at radius 3 is 2.78 bits per heavy atom. The molecule has 1 N–H and O–H groups in total. The molecule has 1 fully saturated rings. The molecule has 1 amide bonds. The zero-order valence-electron chi connectivity index (χ0n) is 20.5. The lowest BCUT2D eigenvalue weighted by atomic mass is 10.2. The summed E-state index contributed by atoms with van der Waals surface area (Å²) in [5.74, 6) is -0.255. The lowest BCUT2D eigenvalue weighted by Gasteiger charge is -2.32. The molecule has 1 aliphatic rings. The SMILES string of the molecule is CCOc1nc(N2CCN[C@@H](C)C2)ncc1C(=O)N(c1ccccc1)c1cc(F)c2nc(C)cn2c1. The van der Waals surface area contributed by atoms with E-state index in [-0.39, 0.29) is 17.1 Å². The van der Waals surface area contributed by atoms with Crippen molar-refractivity contribution >= 4 is 28.9 Å². The van der Waals surface area contributed by atoms with Gasteiger partial charge in [0.15, 0.2) is 11.5 Å². The van der Waals surface area contributed by atoms with Gasteiger partial charge in [-0.3, -0.25) is 9.69 Å². The third kappa shape index (κ3) is 4.59. The third-order valence-electron chi connectivity index (χ3n) is 5.99. The predicted molar refractivity (Wildman–Crippen MR) is 136 cm³/mol. The zero-order valence-corrected chi connectivity index (χ0v) is 20.5. The first kappa shape index (κ1) is 23.7. The minimum atomic E-state index is -0.529. The molecule has 36 heavy (non-hydrogen) atoms. The normalized spacial score (nSPS) is 15.8. The number of nitrogens with one attached hydrogen (secondary N) is 1. The van der Waals surface area contributed by atoms with Crippen molar-refractivity contribution in [2.75, 3.05) is 36.0 Å². The zero-order chi connectivity index (χ0) is 25.2. The fraction of sp³-hybridized carbons (Fsp3) is 0.308. The Labute approximate surface area is 208 Å². The summed E-state index contributed by atoms with van der Waals surface area (Å²) in [5.41, 5.74) is 1.98. The summed E-state index contributed by atoms with van der Waals surface area (Å²) in [6, 6.07) is 10.7. The van der Waals surface area contributed by atoms with Gasteiger partial charge in [-0.05, 0) is 32.9 Å². The van der Waals surface area contributed by atoms with E-state index < -0.39 is 11.7 Å². The number of benzene rings is 1. The van der Waals surface area contributed by atoms with Crippen LogP contribution in [-0.4, -0.2) is 57.5 Å². The first-order valence-corrected chi connectivity index (χ1v) is 12.0. The van der Waals surface area contributed by atoms with Crippen molar-refractivity contribution in [2.24, 2.45) is 0 Å². The number of nitrogens with zero attached hydrogens (tertiary/aromatic N) is 6. The Bertz CT molecular complexity index is 1390. The van der Waals surface area contributed by atoms with Crippen LogP contribution in [0.2, 0.25) is 0 Å². The summed E-state index contributed by atoms with van der Waals surface area (Å²) < 4.78 is 22.4. The summed E-state index contributed by atoms with van der Waals surface area (Å²) in [7, 11) is 0. The van der Waals surface area contributed by atoms with Crippen LogP contribution in [0, 0.1) is 12.7 Å². The van der Waals surface area contributed by atoms with E-state index in [1.54, 1.807) is 35.9 Å². The van der Waals surface area contributed by atoms with E-state index >= 15 is 4.39 Å². The fourth-order valence-electron chi connectivity index (χ4n) is 4.39. The number of hydrogen-bond donors (Lipinski definition) is 1. The molecule has 0 bridgehead atoms. The van der Waals surface area contributed by atoms with E-state index in [9.17, 15) is 4.79 Å². The molecule has 1 aliphatic heterocycles. The minimum absolute atomic E-state index is 0.190. The number of imidazole rings is 1. The molecule has 0 radical (unpaired) electrons. The van der Waals surface area contributed by atoms with Crippen molar-refractivity contribution in [3.05, 3.63) is 72.1 Å². The first-order valence-electron chi connectivity index (χ1n) is 12.0. The summed E-state index contributed by atoms with van der Waals surface area (Å²) >= 11 is 0. The molecule has 1 saturated heterocycles. The maximum absolute atomic E-state index is 15.0. The molecule has 186 valence electrons. The number of para-hydroxylation sites is 1. The second-order valence-electron chi connectivity index (χ2n) is 8.76. The molecule has 4 heterocycles. The Kier molecular flexibility index (Phi) is 6.51. The van der Waals surface area contributed by atoms with Crippen LogP contribution in [0.3, 0.4) is 0 Å². The number of hydrogen-bond acceptors (Lipinski definition) is 7. The van der Waals surface area contributed by atoms with E-state index in [0.717, 1.165) is 19.6 Å². The molecular weight excluding hydrogens is 461 g/mol. The smallest absolute Gasteiger partial charge is 0.269 e. The highest BCUT2D eigenvalue weighted by Crippen LogP contribution is 2.31. The lowest BCUT2D eigenvalue weighted by Crippen LogP contribution is -2.49. The van der Waals surface area contributed by atoms with Gasteiger partial charge in [0, 0.05) is 56.0 Å². The van der Waals surface area contributed by atoms with Gasteiger partial charge < -0.3 is 19.4 Å². The van der Waals surface area contributed by atoms with Crippen molar-refractivity contribution in [3.63, 3.8) is 0 Å². The average molecular weight is 490 g/mol. The van der Waals surface area contributed by atoms with Crippen molar-refractivity contribution in [1.29, 1.82) is 0 Å². The number of carbonyl (C=O) groups is 1. The number of halogens is 1. The Hall–Kier alpha value is -4.05. The first-order chi connectivity index (χ1) is 17.4. The maximum atomic E-state index is 15.0. The molecule has 5 rings (SSSR count). The predicted octanol–water partition coefficient (Wildman–Crippen LogP) is 3.75. The fourth-order valence-corrected chi connectivity index (χ4v) is 4.39. The molecule has 0 aliphatic carbocycles. The summed E-state index contributed by atoms with van der Waals surface area (Å²) in [5, 5.41) is 3.39. The molecule has 10 heteroatoms. The molecule has 0 spiro atoms. The van der Waals surface area contributed by atoms with E-state index in [0.29, 0.717) is 35.7 Å². The summed E-state index contributed by atoms with van der Waals surface area (Å²) in [6.07, 6.45) is 4.89. The van der Waals surface area contributed by atoms with Crippen LogP contribution in [-0.2, 0) is 0 Å². The average Bonchev–Trinajstić information content (AvgIpc) is 3.26. The highest BCUT2D eigenvalue weighted by Gasteiger charge is 2.27. The van der Waals surface area contributed by atoms with Gasteiger partial charge in [0.25, 0.3) is 5.91 Å². The molecule has 4 aromatic rings. The van der Waals surface area contributed by atoms with Crippen LogP contribution in [0.15, 0.2) is 55.0 Å². The molecule has 1 atom stereocenters. The topological polar surface area (TPSA) is 87.9 Å². The molecule has 9 nitrogen and oxygen atoms in total. The van der Waals surface area contributed by atoms with Gasteiger partial charge in [0.05, 0.1) is 18.0 Å². The Balaban J connectivity index is 1.59. The van der Waals surface area contributed by atoms with Crippen LogP contribution in [0.5, 0.6) is 5.88 Å². The van der Waals surface area contributed by atoms with Gasteiger partial charge in [-0.1, -0.05) is 18.2 Å². The molecule has 0 saturated carbocycles. The number of ether oxygens (including phenoxy) is 1. The van der Waals surface area contributed by atoms with Gasteiger partial charge in [-0.2, -0.15) is 4.98 Å². The standard InChI is InChI=1S/C26H28FN7O2/c1-4-36-24-21(13-29-26(31-24)32-11-10-28-17(2)14-32)25(35)34(19-8-6-5-7-9-19)20-12-22(27)23-30-18(3)15-33(23)16-20/h5-9,12-13,15-17,28H,4,10-11,14H2,1-3H3/t17-/m0/s1. The van der Waals surface area contributed by atoms with Crippen molar-refractivity contribution in [2.45, 2.75) is 26.8 Å². The quantitative estimate of drug-likeness (QED) is 0.441. The van der Waals surface area contributed by atoms with Gasteiger partial charge in [-0.15, -0.1) is 0 Å². The summed E-state index contributed by atoms with van der Waals surface area (Å²) in [4.78, 5) is 30.9. The van der Waals surface area contributed by atoms with Crippen molar-refractivity contribution in [1.82, 2.24) is 24.7 Å². The number of amides is 1. The van der Waals surface area contributed by atoms with E-state index in [1.165, 1.54) is 17.2 Å². The Morgan fingerprint density at radius 1 is 1.22 bits per heavy atom. The lowest BCUT2D eigenvalue weighted by molar-refractivity contribution is 0.0994. The monoisotopic (exact) mass is 489 g/mol. The number of carbonyl (C=O) groups excluding carboxylic acids is 1. The van der Waals surface area contributed by atoms with E-state index in [1.807, 2.05) is 25.1 Å². The van der Waals surface area contributed by atoms with Crippen LogP contribution in [0.25, 0.3) is 5.65 Å². The number of aryl methyl sites for hydroxylation is 1. The number of aromatic nitrogens is 4. The van der Waals surface area contributed by atoms with Gasteiger partial charge in [0.2, 0.25) is 11.8 Å². The molecular formula is C26H28FN7O2. The molecule has 0 unspecified atom stereocenters. The maximum Gasteiger partial charge on any atom is 0.269 e. The van der Waals surface area contributed by atoms with E-state index in [2.05, 4.69) is 32.1 Å². The van der Waals surface area contributed by atoms with Crippen molar-refractivity contribution < 1.29 is 13.9 Å². The largest absolute Gasteiger partial charge is 0.477 e. The van der Waals surface area contributed by atoms with E-state index in [4.69, 9.17) is 4.74 Å². The van der Waals surface area contributed by atoms with Crippen molar-refractivity contribution in [3.8, 4) is 5.88 Å². The number of anilines is 3. The van der Waals surface area contributed by atoms with Gasteiger partial charge >= 0.3 is 0 Å². The minimum Gasteiger partial charge on any atom is -0.477 e. The van der Waals surface area contributed by atoms with Crippen LogP contribution >= 0.6 is 0 Å². The second kappa shape index (κ2) is 9.90. The van der Waals surface area contributed by atoms with Gasteiger partial charge in [-0.25, -0.2) is 14.4 Å².